The highest BCUT2D eigenvalue weighted by Crippen LogP contribution is 2.67. The van der Waals surface area contributed by atoms with Crippen molar-refractivity contribution in [1.29, 1.82) is 0 Å². The molecule has 0 bridgehead atoms. The summed E-state index contributed by atoms with van der Waals surface area (Å²) in [4.78, 5) is 0. The predicted octanol–water partition coefficient (Wildman–Crippen LogP) is 19.2. The average molecular weight is 958 g/mol. The molecular formula is C67H96Si2. The van der Waals surface area contributed by atoms with Gasteiger partial charge in [0.1, 0.15) is 0 Å². The quantitative estimate of drug-likeness (QED) is 0.268. The Morgan fingerprint density at radius 1 is 0.493 bits per heavy atom. The molecule has 0 aromatic heterocycles. The molecule has 0 spiro atoms. The van der Waals surface area contributed by atoms with Crippen molar-refractivity contribution in [2.75, 3.05) is 0 Å². The van der Waals surface area contributed by atoms with Crippen molar-refractivity contribution in [3.8, 4) is 0 Å². The van der Waals surface area contributed by atoms with Crippen LogP contribution in [0, 0.1) is 57.2 Å². The maximum absolute atomic E-state index is 2.83. The summed E-state index contributed by atoms with van der Waals surface area (Å²) >= 11 is 0. The fraction of sp³-hybridized carbons (Fsp3) is 0.642. The zero-order valence-electron chi connectivity index (χ0n) is 47.3. The topological polar surface area (TPSA) is 0 Å². The van der Waals surface area contributed by atoms with E-state index in [1.807, 2.05) is 11.1 Å². The van der Waals surface area contributed by atoms with E-state index in [-0.39, 0.29) is 0 Å². The van der Waals surface area contributed by atoms with Gasteiger partial charge in [-0.2, -0.15) is 0 Å². The van der Waals surface area contributed by atoms with E-state index in [0.29, 0.717) is 32.7 Å². The zero-order valence-corrected chi connectivity index (χ0v) is 49.3. The van der Waals surface area contributed by atoms with Gasteiger partial charge in [-0.05, 0) is 202 Å². The average Bonchev–Trinajstić information content (AvgIpc) is 4.09. The molecule has 2 aromatic carbocycles. The highest BCUT2D eigenvalue weighted by atomic mass is 28.3. The van der Waals surface area contributed by atoms with Gasteiger partial charge in [0.2, 0.25) is 0 Å². The van der Waals surface area contributed by atoms with Gasteiger partial charge < -0.3 is 0 Å². The third-order valence-corrected chi connectivity index (χ3v) is 30.6. The molecule has 0 amide bonds. The molecule has 2 heteroatoms. The monoisotopic (exact) mass is 957 g/mol. The summed E-state index contributed by atoms with van der Waals surface area (Å²) in [7, 11) is -3.23. The third kappa shape index (κ3) is 8.33. The smallest absolute Gasteiger partial charge is 0.0722 e. The fourth-order valence-electron chi connectivity index (χ4n) is 19.2. The standard InChI is InChI=1S/C32H48Si.C32H40Si.C3H8/c2*1-19-13-25-23(11-9-21-15-31(3,4)17-27(21)25)29(19)33(7,8)30-20(2)14-26-24(30)12-10-22-16-32(5,6)18-28(22)26;1-3-2/h9-12,19-20,23-26,29-30H,13-18H2,1-8H3;9-14,29-30H,15-18H2,1-8H3;3H2,1-2H3. The van der Waals surface area contributed by atoms with E-state index in [0.717, 1.165) is 46.6 Å². The summed E-state index contributed by atoms with van der Waals surface area (Å²) in [5, 5.41) is 0. The Bertz CT molecular complexity index is 2440. The first-order valence-electron chi connectivity index (χ1n) is 28.6. The molecule has 10 atom stereocenters. The van der Waals surface area contributed by atoms with Gasteiger partial charge in [0.05, 0.1) is 16.1 Å². The van der Waals surface area contributed by atoms with Crippen molar-refractivity contribution in [2.45, 2.75) is 216 Å². The van der Waals surface area contributed by atoms with Crippen molar-refractivity contribution in [2.24, 2.45) is 57.2 Å². The molecule has 2 fully saturated rings. The summed E-state index contributed by atoms with van der Waals surface area (Å²) in [5.74, 6) is 5.15. The molecule has 10 aliphatic carbocycles. The van der Waals surface area contributed by atoms with Gasteiger partial charge in [0, 0.05) is 11.1 Å². The van der Waals surface area contributed by atoms with E-state index in [1.165, 1.54) is 70.6 Å². The minimum absolute atomic E-state index is 0.405. The first-order chi connectivity index (χ1) is 32.2. The van der Waals surface area contributed by atoms with E-state index < -0.39 is 16.1 Å². The van der Waals surface area contributed by atoms with Crippen molar-refractivity contribution in [3.63, 3.8) is 0 Å². The molecule has 12 rings (SSSR count). The second-order valence-electron chi connectivity index (χ2n) is 30.1. The van der Waals surface area contributed by atoms with Crippen LogP contribution >= 0.6 is 0 Å². The third-order valence-electron chi connectivity index (χ3n) is 20.8. The largest absolute Gasteiger partial charge is 0.0805 e. The van der Waals surface area contributed by atoms with E-state index in [9.17, 15) is 0 Å². The lowest BCUT2D eigenvalue weighted by Gasteiger charge is -2.46. The normalized spacial score (nSPS) is 34.1. The first kappa shape index (κ1) is 49.9. The minimum atomic E-state index is -1.74. The molecule has 2 saturated carbocycles. The molecule has 10 aliphatic rings. The van der Waals surface area contributed by atoms with Crippen LogP contribution < -0.4 is 0 Å². The molecule has 0 N–H and O–H groups in total. The maximum atomic E-state index is 2.83. The minimum Gasteiger partial charge on any atom is -0.0805 e. The Kier molecular flexibility index (Phi) is 12.2. The molecule has 0 aliphatic heterocycles. The van der Waals surface area contributed by atoms with Gasteiger partial charge in [-0.1, -0.05) is 199 Å². The number of hydrogen-bond donors (Lipinski definition) is 0. The number of benzene rings is 2. The van der Waals surface area contributed by atoms with Crippen LogP contribution in [0.15, 0.2) is 82.0 Å². The van der Waals surface area contributed by atoms with Crippen molar-refractivity contribution < 1.29 is 0 Å². The van der Waals surface area contributed by atoms with Crippen molar-refractivity contribution >= 4 is 28.3 Å². The molecule has 0 heterocycles. The van der Waals surface area contributed by atoms with Crippen LogP contribution in [0.3, 0.4) is 0 Å². The number of allylic oxidation sites excluding steroid dienone is 10. The molecule has 372 valence electrons. The zero-order chi connectivity index (χ0) is 49.7. The molecule has 2 aromatic rings. The highest BCUT2D eigenvalue weighted by molar-refractivity contribution is 6.82. The fourth-order valence-corrected chi connectivity index (χ4v) is 30.5. The lowest BCUT2D eigenvalue weighted by Crippen LogP contribution is -2.45. The first-order valence-corrected chi connectivity index (χ1v) is 34.9. The Morgan fingerprint density at radius 3 is 1.23 bits per heavy atom. The van der Waals surface area contributed by atoms with Crippen LogP contribution in [0.5, 0.6) is 0 Å². The summed E-state index contributed by atoms with van der Waals surface area (Å²) in [6, 6.07) is 9.99. The molecule has 0 radical (unpaired) electrons. The van der Waals surface area contributed by atoms with Crippen molar-refractivity contribution in [3.05, 3.63) is 127 Å². The van der Waals surface area contributed by atoms with Gasteiger partial charge in [0.25, 0.3) is 0 Å². The predicted molar refractivity (Wildman–Crippen MR) is 306 cm³/mol. The summed E-state index contributed by atoms with van der Waals surface area (Å²) in [6.07, 6.45) is 30.2. The van der Waals surface area contributed by atoms with E-state index >= 15 is 0 Å². The van der Waals surface area contributed by atoms with Gasteiger partial charge >= 0.3 is 0 Å². The number of hydrogen-bond acceptors (Lipinski definition) is 0. The molecule has 0 saturated heterocycles. The second-order valence-corrected chi connectivity index (χ2v) is 39.9. The summed E-state index contributed by atoms with van der Waals surface area (Å²) in [5.41, 5.74) is 28.3. The Labute approximate surface area is 425 Å². The lowest BCUT2D eigenvalue weighted by molar-refractivity contribution is 0.374. The highest BCUT2D eigenvalue weighted by Gasteiger charge is 2.59. The Hall–Kier alpha value is -2.69. The SMILES string of the molecule is CC1=Cc2c(ccc3c2CC(C)(C)C3)C1[Si](C)(C)C1C(C)=Cc2c1ccc1c2CC(C)(C)C1.CC1CC2C3=C(C=CC2C1[Si](C)(C)C1C(C)CC2C4=C(C=CC21)CC(C)(C)C4)CC(C)(C)C3.CCC. The van der Waals surface area contributed by atoms with Crippen LogP contribution in [-0.2, 0) is 25.7 Å². The van der Waals surface area contributed by atoms with Gasteiger partial charge in [-0.15, -0.1) is 0 Å². The van der Waals surface area contributed by atoms with E-state index in [1.54, 1.807) is 66.8 Å². The van der Waals surface area contributed by atoms with Crippen molar-refractivity contribution in [1.82, 2.24) is 0 Å². The van der Waals surface area contributed by atoms with Crippen LogP contribution in [0.25, 0.3) is 12.2 Å². The number of rotatable bonds is 4. The van der Waals surface area contributed by atoms with Crippen LogP contribution in [0.1, 0.15) is 197 Å². The Morgan fingerprint density at radius 2 is 0.855 bits per heavy atom. The van der Waals surface area contributed by atoms with Crippen LogP contribution in [0.4, 0.5) is 0 Å². The van der Waals surface area contributed by atoms with Gasteiger partial charge in [-0.25, -0.2) is 0 Å². The van der Waals surface area contributed by atoms with Gasteiger partial charge in [-0.3, -0.25) is 0 Å². The van der Waals surface area contributed by atoms with E-state index in [4.69, 9.17) is 0 Å². The summed E-state index contributed by atoms with van der Waals surface area (Å²) < 4.78 is 0. The van der Waals surface area contributed by atoms with E-state index in [2.05, 4.69) is 184 Å². The lowest BCUT2D eigenvalue weighted by atomic mass is 9.81. The second kappa shape index (κ2) is 16.9. The molecule has 69 heavy (non-hydrogen) atoms. The molecular weight excluding hydrogens is 861 g/mol. The number of fused-ring (bicyclic) bond motifs is 10. The van der Waals surface area contributed by atoms with Gasteiger partial charge in [0.15, 0.2) is 0 Å². The van der Waals surface area contributed by atoms with Crippen LogP contribution in [0.2, 0.25) is 37.3 Å². The summed E-state index contributed by atoms with van der Waals surface area (Å²) in [6.45, 7) is 45.1. The van der Waals surface area contributed by atoms with Crippen LogP contribution in [-0.4, -0.2) is 16.1 Å². The molecule has 0 nitrogen and oxygen atoms in total. The molecule has 10 unspecified atom stereocenters. The maximum Gasteiger partial charge on any atom is 0.0722 e. The Balaban J connectivity index is 0.000000152.